The van der Waals surface area contributed by atoms with Gasteiger partial charge in [-0.2, -0.15) is 0 Å². The second-order valence-electron chi connectivity index (χ2n) is 3.98. The molecule has 7 heteroatoms. The predicted octanol–water partition coefficient (Wildman–Crippen LogP) is 3.58. The molecule has 20 heavy (non-hydrogen) atoms. The van der Waals surface area contributed by atoms with Gasteiger partial charge >= 0.3 is 5.69 Å². The van der Waals surface area contributed by atoms with Crippen molar-refractivity contribution in [3.05, 3.63) is 56.7 Å². The summed E-state index contributed by atoms with van der Waals surface area (Å²) >= 11 is 0.885. The van der Waals surface area contributed by atoms with Crippen molar-refractivity contribution in [1.29, 1.82) is 0 Å². The van der Waals surface area contributed by atoms with E-state index >= 15 is 0 Å². The number of hydrogen-bond donors (Lipinski definition) is 0. The maximum absolute atomic E-state index is 13.4. The van der Waals surface area contributed by atoms with Crippen molar-refractivity contribution in [1.82, 2.24) is 0 Å². The van der Waals surface area contributed by atoms with E-state index in [1.165, 1.54) is 25.1 Å². The van der Waals surface area contributed by atoms with E-state index in [-0.39, 0.29) is 28.0 Å². The van der Waals surface area contributed by atoms with Crippen LogP contribution in [0.5, 0.6) is 5.06 Å². The molecule has 0 atom stereocenters. The van der Waals surface area contributed by atoms with Crippen LogP contribution in [-0.4, -0.2) is 10.7 Å². The van der Waals surface area contributed by atoms with Crippen molar-refractivity contribution in [3.8, 4) is 5.06 Å². The molecule has 2 aromatic rings. The standard InChI is InChI=1S/C13H10FNO4S/c1-8(16)12-6-11(15(17)18)13(20-12)19-7-9-4-2-3-5-10(9)14/h2-6H,7H2,1H3. The van der Waals surface area contributed by atoms with Crippen LogP contribution in [0.2, 0.25) is 0 Å². The average molecular weight is 295 g/mol. The molecular formula is C13H10FNO4S. The van der Waals surface area contributed by atoms with Gasteiger partial charge in [-0.1, -0.05) is 29.5 Å². The van der Waals surface area contributed by atoms with Crippen LogP contribution >= 0.6 is 11.3 Å². The second kappa shape index (κ2) is 5.79. The number of ether oxygens (including phenoxy) is 1. The van der Waals surface area contributed by atoms with E-state index in [1.54, 1.807) is 12.1 Å². The number of rotatable bonds is 5. The Morgan fingerprint density at radius 1 is 1.45 bits per heavy atom. The molecule has 0 N–H and O–H groups in total. The topological polar surface area (TPSA) is 69.4 Å². The smallest absolute Gasteiger partial charge is 0.323 e. The molecule has 0 radical (unpaired) electrons. The Balaban J connectivity index is 2.23. The van der Waals surface area contributed by atoms with Gasteiger partial charge in [0.05, 0.1) is 9.80 Å². The van der Waals surface area contributed by atoms with Gasteiger partial charge in [-0.05, 0) is 13.0 Å². The summed E-state index contributed by atoms with van der Waals surface area (Å²) in [5.74, 6) is -0.725. The summed E-state index contributed by atoms with van der Waals surface area (Å²) in [7, 11) is 0. The van der Waals surface area contributed by atoms with E-state index in [9.17, 15) is 19.3 Å². The molecule has 0 aliphatic rings. The molecule has 1 aromatic carbocycles. The Morgan fingerprint density at radius 3 is 2.75 bits per heavy atom. The van der Waals surface area contributed by atoms with Gasteiger partial charge in [-0.3, -0.25) is 14.9 Å². The molecule has 0 unspecified atom stereocenters. The zero-order chi connectivity index (χ0) is 14.7. The predicted molar refractivity (Wildman–Crippen MR) is 71.7 cm³/mol. The first-order valence-electron chi connectivity index (χ1n) is 5.64. The minimum atomic E-state index is -0.625. The lowest BCUT2D eigenvalue weighted by Crippen LogP contribution is -1.98. The van der Waals surface area contributed by atoms with Gasteiger partial charge in [0.2, 0.25) is 0 Å². The number of Topliss-reactive ketones (excluding diaryl/α,β-unsaturated/α-hetero) is 1. The van der Waals surface area contributed by atoms with E-state index in [2.05, 4.69) is 0 Å². The third-order valence-corrected chi connectivity index (χ3v) is 3.68. The zero-order valence-electron chi connectivity index (χ0n) is 10.5. The van der Waals surface area contributed by atoms with Crippen molar-refractivity contribution < 1.29 is 18.8 Å². The summed E-state index contributed by atoms with van der Waals surface area (Å²) in [6.45, 7) is 1.18. The van der Waals surface area contributed by atoms with Gasteiger partial charge in [0.25, 0.3) is 5.06 Å². The van der Waals surface area contributed by atoms with Crippen molar-refractivity contribution in [2.45, 2.75) is 13.5 Å². The number of nitro groups is 1. The highest BCUT2D eigenvalue weighted by atomic mass is 32.1. The molecule has 0 amide bonds. The number of carbonyl (C=O) groups excluding carboxylic acids is 1. The molecule has 0 aliphatic heterocycles. The lowest BCUT2D eigenvalue weighted by Gasteiger charge is -2.04. The van der Waals surface area contributed by atoms with Crippen molar-refractivity contribution >= 4 is 22.8 Å². The summed E-state index contributed by atoms with van der Waals surface area (Å²) in [6.07, 6.45) is 0. The number of hydrogen-bond acceptors (Lipinski definition) is 5. The van der Waals surface area contributed by atoms with Crippen LogP contribution in [0.15, 0.2) is 30.3 Å². The first-order chi connectivity index (χ1) is 9.49. The van der Waals surface area contributed by atoms with Gasteiger partial charge in [0, 0.05) is 11.6 Å². The van der Waals surface area contributed by atoms with Gasteiger partial charge < -0.3 is 4.74 Å². The van der Waals surface area contributed by atoms with Gasteiger partial charge in [0.1, 0.15) is 12.4 Å². The number of benzene rings is 1. The Morgan fingerprint density at radius 2 is 2.15 bits per heavy atom. The largest absolute Gasteiger partial charge is 0.474 e. The molecule has 1 aromatic heterocycles. The maximum atomic E-state index is 13.4. The molecule has 104 valence electrons. The van der Waals surface area contributed by atoms with Gasteiger partial charge in [0.15, 0.2) is 5.78 Å². The Hall–Kier alpha value is -2.28. The summed E-state index contributed by atoms with van der Waals surface area (Å²) < 4.78 is 18.7. The fourth-order valence-electron chi connectivity index (χ4n) is 1.53. The van der Waals surface area contributed by atoms with E-state index < -0.39 is 10.7 Å². The van der Waals surface area contributed by atoms with Crippen molar-refractivity contribution in [2.75, 3.05) is 0 Å². The number of nitrogens with zero attached hydrogens (tertiary/aromatic N) is 1. The Bertz CT molecular complexity index is 668. The van der Waals surface area contributed by atoms with Crippen LogP contribution in [0, 0.1) is 15.9 Å². The van der Waals surface area contributed by atoms with Crippen LogP contribution in [0.4, 0.5) is 10.1 Å². The van der Waals surface area contributed by atoms with Crippen LogP contribution < -0.4 is 4.74 Å². The lowest BCUT2D eigenvalue weighted by atomic mass is 10.2. The van der Waals surface area contributed by atoms with E-state index in [0.29, 0.717) is 5.56 Å². The molecule has 0 fully saturated rings. The van der Waals surface area contributed by atoms with Gasteiger partial charge in [-0.25, -0.2) is 4.39 Å². The monoisotopic (exact) mass is 295 g/mol. The van der Waals surface area contributed by atoms with Crippen molar-refractivity contribution in [3.63, 3.8) is 0 Å². The normalized spacial score (nSPS) is 10.3. The van der Waals surface area contributed by atoms with E-state index in [4.69, 9.17) is 4.74 Å². The Labute approximate surface area is 117 Å². The maximum Gasteiger partial charge on any atom is 0.323 e. The number of ketones is 1. The highest BCUT2D eigenvalue weighted by Gasteiger charge is 2.22. The summed E-state index contributed by atoms with van der Waals surface area (Å²) in [4.78, 5) is 21.7. The first-order valence-corrected chi connectivity index (χ1v) is 6.46. The molecule has 0 aliphatic carbocycles. The summed E-state index contributed by atoms with van der Waals surface area (Å²) in [5, 5.41) is 10.9. The quantitative estimate of drug-likeness (QED) is 0.480. The van der Waals surface area contributed by atoms with Crippen molar-refractivity contribution in [2.24, 2.45) is 0 Å². The third kappa shape index (κ3) is 3.00. The van der Waals surface area contributed by atoms with E-state index in [0.717, 1.165) is 11.3 Å². The second-order valence-corrected chi connectivity index (χ2v) is 4.99. The van der Waals surface area contributed by atoms with Crippen LogP contribution in [-0.2, 0) is 6.61 Å². The number of carbonyl (C=O) groups is 1. The summed E-state index contributed by atoms with van der Waals surface area (Å²) in [5.41, 5.74) is 0.0103. The molecule has 0 saturated heterocycles. The molecule has 0 spiro atoms. The molecule has 2 rings (SSSR count). The van der Waals surface area contributed by atoms with Crippen LogP contribution in [0.3, 0.4) is 0 Å². The number of halogens is 1. The zero-order valence-corrected chi connectivity index (χ0v) is 11.3. The molecule has 1 heterocycles. The molecular weight excluding hydrogens is 285 g/mol. The minimum absolute atomic E-state index is 0.00320. The van der Waals surface area contributed by atoms with E-state index in [1.807, 2.05) is 0 Å². The Kier molecular flexibility index (Phi) is 4.09. The van der Waals surface area contributed by atoms with Crippen LogP contribution in [0.25, 0.3) is 0 Å². The SMILES string of the molecule is CC(=O)c1cc([N+](=O)[O-])c(OCc2ccccc2F)s1. The minimum Gasteiger partial charge on any atom is -0.474 e. The van der Waals surface area contributed by atoms with Gasteiger partial charge in [-0.15, -0.1) is 0 Å². The van der Waals surface area contributed by atoms with Crippen LogP contribution in [0.1, 0.15) is 22.2 Å². The summed E-state index contributed by atoms with van der Waals surface area (Å²) in [6, 6.07) is 7.17. The molecule has 0 saturated carbocycles. The highest BCUT2D eigenvalue weighted by molar-refractivity contribution is 7.16. The average Bonchev–Trinajstić information content (AvgIpc) is 2.82. The molecule has 5 nitrogen and oxygen atoms in total. The third-order valence-electron chi connectivity index (χ3n) is 2.54. The lowest BCUT2D eigenvalue weighted by molar-refractivity contribution is -0.385. The molecule has 0 bridgehead atoms. The fourth-order valence-corrected chi connectivity index (χ4v) is 2.40. The highest BCUT2D eigenvalue weighted by Crippen LogP contribution is 2.37. The number of thiophene rings is 1. The fraction of sp³-hybridized carbons (Fsp3) is 0.154. The first kappa shape index (κ1) is 14.1.